The number of nitrogens with zero attached hydrogens (tertiary/aromatic N) is 1. The van der Waals surface area contributed by atoms with E-state index in [-0.39, 0.29) is 18.4 Å². The first kappa shape index (κ1) is 13.5. The third-order valence-corrected chi connectivity index (χ3v) is 6.03. The minimum Gasteiger partial charge on any atom is -0.393 e. The van der Waals surface area contributed by atoms with Gasteiger partial charge in [0.1, 0.15) is 0 Å². The first-order chi connectivity index (χ1) is 9.39. The zero-order valence-corrected chi connectivity index (χ0v) is 11.4. The Balaban J connectivity index is 1.94. The van der Waals surface area contributed by atoms with Crippen LogP contribution in [0.15, 0.2) is 20.7 Å². The van der Waals surface area contributed by atoms with Gasteiger partial charge in [-0.3, -0.25) is 9.78 Å². The molecule has 1 aromatic heterocycles. The van der Waals surface area contributed by atoms with Crippen molar-refractivity contribution < 1.29 is 13.5 Å². The SMILES string of the molecule is O=c1[nH]cc(S(=O)(=O)N2CC3CCC(O)C3C2)c(=O)[nH]1. The second kappa shape index (κ2) is 4.54. The van der Waals surface area contributed by atoms with E-state index in [1.165, 1.54) is 4.31 Å². The van der Waals surface area contributed by atoms with E-state index < -0.39 is 32.3 Å². The van der Waals surface area contributed by atoms with Crippen LogP contribution < -0.4 is 11.2 Å². The van der Waals surface area contributed by atoms with Crippen LogP contribution in [0.2, 0.25) is 0 Å². The van der Waals surface area contributed by atoms with Crippen molar-refractivity contribution in [3.63, 3.8) is 0 Å². The molecule has 0 radical (unpaired) electrons. The maximum Gasteiger partial charge on any atom is 0.325 e. The van der Waals surface area contributed by atoms with Crippen molar-refractivity contribution in [2.24, 2.45) is 11.8 Å². The van der Waals surface area contributed by atoms with Crippen molar-refractivity contribution in [1.82, 2.24) is 14.3 Å². The number of aliphatic hydroxyl groups excluding tert-OH is 1. The molecule has 0 amide bonds. The number of hydrogen-bond donors (Lipinski definition) is 3. The Morgan fingerprint density at radius 1 is 1.25 bits per heavy atom. The van der Waals surface area contributed by atoms with Crippen LogP contribution in [-0.2, 0) is 10.0 Å². The summed E-state index contributed by atoms with van der Waals surface area (Å²) in [4.78, 5) is 26.2. The highest BCUT2D eigenvalue weighted by Crippen LogP contribution is 2.39. The number of H-pyrrole nitrogens is 2. The molecule has 3 N–H and O–H groups in total. The quantitative estimate of drug-likeness (QED) is 0.610. The topological polar surface area (TPSA) is 123 Å². The molecule has 1 aliphatic carbocycles. The maximum atomic E-state index is 12.4. The van der Waals surface area contributed by atoms with Gasteiger partial charge in [0, 0.05) is 25.2 Å². The number of aromatic nitrogens is 2. The molecular weight excluding hydrogens is 286 g/mol. The smallest absolute Gasteiger partial charge is 0.325 e. The third kappa shape index (κ3) is 2.02. The normalized spacial score (nSPS) is 30.6. The Labute approximate surface area is 114 Å². The van der Waals surface area contributed by atoms with Crippen molar-refractivity contribution in [2.75, 3.05) is 13.1 Å². The zero-order chi connectivity index (χ0) is 14.5. The van der Waals surface area contributed by atoms with E-state index in [4.69, 9.17) is 0 Å². The number of hydrogen-bond acceptors (Lipinski definition) is 5. The number of fused-ring (bicyclic) bond motifs is 1. The standard InChI is InChI=1S/C11H15N3O5S/c15-8-2-1-6-4-14(5-7(6)8)20(18,19)9-3-12-11(17)13-10(9)16/h3,6-8,15H,1-2,4-5H2,(H2,12,13,16,17). The summed E-state index contributed by atoms with van der Waals surface area (Å²) in [7, 11) is -3.94. The van der Waals surface area contributed by atoms with E-state index in [9.17, 15) is 23.1 Å². The van der Waals surface area contributed by atoms with Gasteiger partial charge in [-0.05, 0) is 18.8 Å². The zero-order valence-electron chi connectivity index (χ0n) is 10.6. The van der Waals surface area contributed by atoms with Crippen LogP contribution in [0.25, 0.3) is 0 Å². The minimum atomic E-state index is -3.94. The lowest BCUT2D eigenvalue weighted by atomic mass is 10.00. The molecule has 2 heterocycles. The van der Waals surface area contributed by atoms with Gasteiger partial charge < -0.3 is 10.1 Å². The first-order valence-corrected chi connectivity index (χ1v) is 7.84. The average molecular weight is 301 g/mol. The van der Waals surface area contributed by atoms with Crippen LogP contribution in [0.3, 0.4) is 0 Å². The predicted octanol–water partition coefficient (Wildman–Crippen LogP) is -1.55. The molecule has 0 spiro atoms. The highest BCUT2D eigenvalue weighted by Gasteiger charge is 2.46. The number of rotatable bonds is 2. The Bertz CT molecular complexity index is 737. The lowest BCUT2D eigenvalue weighted by Crippen LogP contribution is -2.36. The maximum absolute atomic E-state index is 12.4. The van der Waals surface area contributed by atoms with Crippen molar-refractivity contribution >= 4 is 10.0 Å². The van der Waals surface area contributed by atoms with Crippen molar-refractivity contribution in [1.29, 1.82) is 0 Å². The fourth-order valence-electron chi connectivity index (χ4n) is 3.12. The summed E-state index contributed by atoms with van der Waals surface area (Å²) in [6.45, 7) is 0.523. The summed E-state index contributed by atoms with van der Waals surface area (Å²) >= 11 is 0. The molecule has 20 heavy (non-hydrogen) atoms. The third-order valence-electron chi connectivity index (χ3n) is 4.19. The highest BCUT2D eigenvalue weighted by molar-refractivity contribution is 7.89. The molecule has 0 aromatic carbocycles. The van der Waals surface area contributed by atoms with Gasteiger partial charge in [0.05, 0.1) is 6.10 Å². The second-order valence-electron chi connectivity index (χ2n) is 5.33. The van der Waals surface area contributed by atoms with Crippen LogP contribution in [0.5, 0.6) is 0 Å². The largest absolute Gasteiger partial charge is 0.393 e. The number of aromatic amines is 2. The molecule has 2 aliphatic rings. The van der Waals surface area contributed by atoms with Crippen molar-refractivity contribution in [2.45, 2.75) is 23.8 Å². The van der Waals surface area contributed by atoms with Gasteiger partial charge in [-0.15, -0.1) is 0 Å². The van der Waals surface area contributed by atoms with Crippen LogP contribution >= 0.6 is 0 Å². The number of sulfonamides is 1. The van der Waals surface area contributed by atoms with Gasteiger partial charge in [-0.1, -0.05) is 0 Å². The van der Waals surface area contributed by atoms with Crippen LogP contribution in [-0.4, -0.2) is 47.0 Å². The molecule has 2 fully saturated rings. The fourth-order valence-corrected chi connectivity index (χ4v) is 4.65. The van der Waals surface area contributed by atoms with Crippen LogP contribution in [0.1, 0.15) is 12.8 Å². The van der Waals surface area contributed by atoms with E-state index >= 15 is 0 Å². The van der Waals surface area contributed by atoms with E-state index in [2.05, 4.69) is 4.98 Å². The summed E-state index contributed by atoms with van der Waals surface area (Å²) in [5.41, 5.74) is -1.67. The first-order valence-electron chi connectivity index (χ1n) is 6.40. The summed E-state index contributed by atoms with van der Waals surface area (Å²) in [5, 5.41) is 9.81. The van der Waals surface area contributed by atoms with E-state index in [1.54, 1.807) is 0 Å². The minimum absolute atomic E-state index is 0.0633. The van der Waals surface area contributed by atoms with Gasteiger partial charge in [0.25, 0.3) is 5.56 Å². The molecule has 0 bridgehead atoms. The van der Waals surface area contributed by atoms with E-state index in [0.29, 0.717) is 13.0 Å². The van der Waals surface area contributed by atoms with Crippen LogP contribution in [0, 0.1) is 11.8 Å². The van der Waals surface area contributed by atoms with Gasteiger partial charge in [-0.2, -0.15) is 4.31 Å². The highest BCUT2D eigenvalue weighted by atomic mass is 32.2. The summed E-state index contributed by atoms with van der Waals surface area (Å²) in [5.74, 6) is 0.0771. The molecule has 1 aliphatic heterocycles. The van der Waals surface area contributed by atoms with Gasteiger partial charge >= 0.3 is 5.69 Å². The fraction of sp³-hybridized carbons (Fsp3) is 0.636. The molecule has 9 heteroatoms. The molecule has 3 unspecified atom stereocenters. The van der Waals surface area contributed by atoms with E-state index in [1.807, 2.05) is 4.98 Å². The Hall–Kier alpha value is -1.45. The number of aliphatic hydroxyl groups is 1. The lowest BCUT2D eigenvalue weighted by molar-refractivity contribution is 0.129. The molecule has 1 saturated heterocycles. The summed E-state index contributed by atoms with van der Waals surface area (Å²) in [6.07, 6.45) is 1.93. The predicted molar refractivity (Wildman–Crippen MR) is 68.7 cm³/mol. The molecule has 110 valence electrons. The van der Waals surface area contributed by atoms with Crippen LogP contribution in [0.4, 0.5) is 0 Å². The molecule has 1 saturated carbocycles. The Morgan fingerprint density at radius 3 is 2.65 bits per heavy atom. The summed E-state index contributed by atoms with van der Waals surface area (Å²) in [6, 6.07) is 0. The molecular formula is C11H15N3O5S. The Morgan fingerprint density at radius 2 is 2.00 bits per heavy atom. The molecule has 1 aromatic rings. The molecule has 8 nitrogen and oxygen atoms in total. The van der Waals surface area contributed by atoms with Gasteiger partial charge in [0.2, 0.25) is 10.0 Å². The monoisotopic (exact) mass is 301 g/mol. The molecule has 3 atom stereocenters. The van der Waals surface area contributed by atoms with Crippen molar-refractivity contribution in [3.8, 4) is 0 Å². The van der Waals surface area contributed by atoms with Gasteiger partial charge in [-0.25, -0.2) is 13.2 Å². The summed E-state index contributed by atoms with van der Waals surface area (Å²) < 4.78 is 26.0. The van der Waals surface area contributed by atoms with Gasteiger partial charge in [0.15, 0.2) is 4.90 Å². The van der Waals surface area contributed by atoms with Crippen molar-refractivity contribution in [3.05, 3.63) is 27.0 Å². The second-order valence-corrected chi connectivity index (χ2v) is 7.23. The lowest BCUT2D eigenvalue weighted by Gasteiger charge is -2.17. The number of nitrogens with one attached hydrogen (secondary N) is 2. The van der Waals surface area contributed by atoms with E-state index in [0.717, 1.165) is 12.6 Å². The molecule has 3 rings (SSSR count). The Kier molecular flexibility index (Phi) is 3.07. The average Bonchev–Trinajstić information content (AvgIpc) is 2.92.